The van der Waals surface area contributed by atoms with E-state index in [1.807, 2.05) is 42.5 Å². The van der Waals surface area contributed by atoms with Gasteiger partial charge in [0.1, 0.15) is 4.53 Å². The largest absolute Gasteiger partial charge is 0.303 e. The summed E-state index contributed by atoms with van der Waals surface area (Å²) in [5.74, 6) is 0.149. The Bertz CT molecular complexity index is 1720. The first kappa shape index (κ1) is 21.2. The zero-order valence-electron chi connectivity index (χ0n) is 17.3. The molecule has 0 unspecified atom stereocenters. The minimum Gasteiger partial charge on any atom is -0.303 e. The Kier molecular flexibility index (Phi) is 5.05. The second kappa shape index (κ2) is 8.12. The van der Waals surface area contributed by atoms with Crippen LogP contribution in [0.5, 0.6) is 0 Å². The molecule has 0 radical (unpaired) electrons. The number of nitrogens with zero attached hydrogens (tertiary/aromatic N) is 5. The minimum atomic E-state index is -0.378. The van der Waals surface area contributed by atoms with E-state index < -0.39 is 0 Å². The number of benzene rings is 2. The maximum absolute atomic E-state index is 13.7. The lowest BCUT2D eigenvalue weighted by molar-refractivity contribution is -0.113. The average Bonchev–Trinajstić information content (AvgIpc) is 3.47. The molecule has 0 aliphatic carbocycles. The molecule has 4 heterocycles. The molecule has 0 saturated carbocycles. The van der Waals surface area contributed by atoms with Gasteiger partial charge in [0.15, 0.2) is 5.82 Å². The van der Waals surface area contributed by atoms with E-state index in [1.54, 1.807) is 29.4 Å². The van der Waals surface area contributed by atoms with E-state index in [9.17, 15) is 9.59 Å². The first-order valence-electron chi connectivity index (χ1n) is 10.2. The van der Waals surface area contributed by atoms with Gasteiger partial charge in [-0.25, -0.2) is 0 Å². The first-order valence-corrected chi connectivity index (χ1v) is 12.2. The fraction of sp³-hybridized carbons (Fsp3) is 0.0417. The summed E-state index contributed by atoms with van der Waals surface area (Å²) in [6.07, 6.45) is 3.30. The number of carbonyl (C=O) groups is 1. The fourth-order valence-corrected chi connectivity index (χ4v) is 5.53. The summed E-state index contributed by atoms with van der Waals surface area (Å²) < 4.78 is 2.36. The van der Waals surface area contributed by atoms with Crippen LogP contribution >= 0.6 is 38.9 Å². The summed E-state index contributed by atoms with van der Waals surface area (Å²) >= 11 is 11.0. The van der Waals surface area contributed by atoms with Gasteiger partial charge in [-0.15, -0.1) is 5.10 Å². The molecule has 10 heteroatoms. The second-order valence-corrected chi connectivity index (χ2v) is 9.93. The molecule has 1 aliphatic heterocycles. The average molecular weight is 551 g/mol. The van der Waals surface area contributed by atoms with Crippen LogP contribution < -0.4 is 15.0 Å². The molecule has 0 fully saturated rings. The quantitative estimate of drug-likeness (QED) is 0.338. The van der Waals surface area contributed by atoms with Gasteiger partial charge in [-0.1, -0.05) is 57.1 Å². The predicted octanol–water partition coefficient (Wildman–Crippen LogP) is 4.09. The molecule has 0 spiro atoms. The van der Waals surface area contributed by atoms with Gasteiger partial charge in [0.2, 0.25) is 4.96 Å². The Balaban J connectivity index is 1.53. The van der Waals surface area contributed by atoms with Gasteiger partial charge in [0, 0.05) is 33.0 Å². The van der Waals surface area contributed by atoms with E-state index in [-0.39, 0.29) is 18.0 Å². The predicted molar refractivity (Wildman–Crippen MR) is 135 cm³/mol. The number of hydrogen-bond donors (Lipinski definition) is 0. The Labute approximate surface area is 210 Å². The van der Waals surface area contributed by atoms with E-state index in [1.165, 1.54) is 4.52 Å². The summed E-state index contributed by atoms with van der Waals surface area (Å²) in [7, 11) is 0. The molecule has 166 valence electrons. The highest BCUT2D eigenvalue weighted by Gasteiger charge is 2.35. The maximum atomic E-state index is 13.7. The normalized spacial score (nSPS) is 14.8. The van der Waals surface area contributed by atoms with Crippen molar-refractivity contribution in [1.29, 1.82) is 0 Å². The standard InChI is InChI=1S/C24H13BrClN5O2S/c25-15-7-8-18-16(10-15)19(22(32)30(18)12-14-4-1-2-6-17(14)26)20-23(33)31-24(34-20)28-21(29-31)13-5-3-9-27-11-13/h1-11H,12H2. The van der Waals surface area contributed by atoms with Crippen molar-refractivity contribution in [3.63, 3.8) is 0 Å². The molecule has 2 aromatic carbocycles. The van der Waals surface area contributed by atoms with Crippen LogP contribution in [0.25, 0.3) is 21.9 Å². The van der Waals surface area contributed by atoms with Crippen LogP contribution in [0.4, 0.5) is 5.69 Å². The highest BCUT2D eigenvalue weighted by atomic mass is 79.9. The molecular formula is C24H13BrClN5O2S. The number of anilines is 1. The van der Waals surface area contributed by atoms with Crippen LogP contribution in [0.1, 0.15) is 11.1 Å². The highest BCUT2D eigenvalue weighted by molar-refractivity contribution is 9.10. The number of fused-ring (bicyclic) bond motifs is 2. The number of amides is 1. The molecule has 5 aromatic rings. The zero-order chi connectivity index (χ0) is 23.4. The molecule has 1 aliphatic rings. The van der Waals surface area contributed by atoms with Crippen molar-refractivity contribution in [3.05, 3.63) is 102 Å². The maximum Gasteiger partial charge on any atom is 0.291 e. The lowest BCUT2D eigenvalue weighted by Gasteiger charge is -2.18. The number of thiazole rings is 1. The van der Waals surface area contributed by atoms with Crippen molar-refractivity contribution < 1.29 is 4.79 Å². The molecule has 0 saturated heterocycles. The molecule has 6 rings (SSSR count). The van der Waals surface area contributed by atoms with Crippen molar-refractivity contribution in [1.82, 2.24) is 19.6 Å². The summed E-state index contributed by atoms with van der Waals surface area (Å²) in [6.45, 7) is 0.288. The van der Waals surface area contributed by atoms with Gasteiger partial charge in [-0.05, 0) is 42.0 Å². The molecule has 1 amide bonds. The molecule has 0 bridgehead atoms. The third-order valence-electron chi connectivity index (χ3n) is 5.57. The van der Waals surface area contributed by atoms with Crippen LogP contribution in [0.15, 0.2) is 76.3 Å². The van der Waals surface area contributed by atoms with Gasteiger partial charge in [-0.3, -0.25) is 14.6 Å². The number of hydrogen-bond acceptors (Lipinski definition) is 6. The monoisotopic (exact) mass is 549 g/mol. The molecule has 34 heavy (non-hydrogen) atoms. The smallest absolute Gasteiger partial charge is 0.291 e. The van der Waals surface area contributed by atoms with E-state index in [0.29, 0.717) is 37.0 Å². The van der Waals surface area contributed by atoms with Gasteiger partial charge in [-0.2, -0.15) is 9.50 Å². The lowest BCUT2D eigenvalue weighted by atomic mass is 10.1. The van der Waals surface area contributed by atoms with E-state index in [0.717, 1.165) is 27.1 Å². The first-order chi connectivity index (χ1) is 16.5. The van der Waals surface area contributed by atoms with Crippen LogP contribution in [-0.4, -0.2) is 25.5 Å². The third kappa shape index (κ3) is 3.35. The van der Waals surface area contributed by atoms with Crippen LogP contribution in [0.3, 0.4) is 0 Å². The van der Waals surface area contributed by atoms with Crippen LogP contribution in [0.2, 0.25) is 5.02 Å². The SMILES string of the molecule is O=C1C(=c2sc3nc(-c4cccnc4)nn3c2=O)c2cc(Br)ccc2N1Cc1ccccc1Cl. The second-order valence-electron chi connectivity index (χ2n) is 7.63. The van der Waals surface area contributed by atoms with Gasteiger partial charge < -0.3 is 4.90 Å². The summed E-state index contributed by atoms with van der Waals surface area (Å²) in [6, 6.07) is 16.6. The molecule has 0 atom stereocenters. The van der Waals surface area contributed by atoms with Crippen molar-refractivity contribution in [2.45, 2.75) is 6.54 Å². The van der Waals surface area contributed by atoms with E-state index >= 15 is 0 Å². The molecular weight excluding hydrogens is 538 g/mol. The number of rotatable bonds is 3. The minimum absolute atomic E-state index is 0.262. The zero-order valence-corrected chi connectivity index (χ0v) is 20.4. The third-order valence-corrected chi connectivity index (χ3v) is 7.46. The lowest BCUT2D eigenvalue weighted by Crippen LogP contribution is -2.32. The number of pyridine rings is 1. The van der Waals surface area contributed by atoms with Gasteiger partial charge in [0.25, 0.3) is 11.5 Å². The van der Waals surface area contributed by atoms with Crippen molar-refractivity contribution in [2.24, 2.45) is 0 Å². The Hall–Kier alpha value is -3.40. The van der Waals surface area contributed by atoms with E-state index in [2.05, 4.69) is 31.0 Å². The summed E-state index contributed by atoms with van der Waals surface area (Å²) in [4.78, 5) is 37.7. The molecule has 3 aromatic heterocycles. The van der Waals surface area contributed by atoms with Crippen molar-refractivity contribution >= 4 is 61.0 Å². The summed E-state index contributed by atoms with van der Waals surface area (Å²) in [5.41, 5.74) is 2.89. The molecule has 7 nitrogen and oxygen atoms in total. The Morgan fingerprint density at radius 1 is 1.06 bits per heavy atom. The van der Waals surface area contributed by atoms with Gasteiger partial charge in [0.05, 0.1) is 17.8 Å². The van der Waals surface area contributed by atoms with Gasteiger partial charge >= 0.3 is 0 Å². The highest BCUT2D eigenvalue weighted by Crippen LogP contribution is 2.38. The Morgan fingerprint density at radius 3 is 2.68 bits per heavy atom. The fourth-order valence-electron chi connectivity index (χ4n) is 3.98. The molecule has 0 N–H and O–H groups in total. The topological polar surface area (TPSA) is 80.5 Å². The van der Waals surface area contributed by atoms with Crippen molar-refractivity contribution in [2.75, 3.05) is 4.90 Å². The number of halogens is 2. The number of aromatic nitrogens is 4. The summed E-state index contributed by atoms with van der Waals surface area (Å²) in [5, 5.41) is 4.95. The van der Waals surface area contributed by atoms with Crippen LogP contribution in [-0.2, 0) is 11.3 Å². The Morgan fingerprint density at radius 2 is 1.91 bits per heavy atom. The van der Waals surface area contributed by atoms with Crippen LogP contribution in [0, 0.1) is 0 Å². The van der Waals surface area contributed by atoms with Crippen molar-refractivity contribution in [3.8, 4) is 11.4 Å². The number of carbonyl (C=O) groups excluding carboxylic acids is 1. The van der Waals surface area contributed by atoms with E-state index in [4.69, 9.17) is 11.6 Å².